The van der Waals surface area contributed by atoms with Gasteiger partial charge in [-0.2, -0.15) is 0 Å². The number of hydrogen-bond acceptors (Lipinski definition) is 1. The average molecular weight is 218 g/mol. The van der Waals surface area contributed by atoms with Gasteiger partial charge in [0.2, 0.25) is 0 Å². The average Bonchev–Trinajstić information content (AvgIpc) is 2.27. The van der Waals surface area contributed by atoms with Crippen LogP contribution >= 0.6 is 0 Å². The van der Waals surface area contributed by atoms with Gasteiger partial charge in [-0.3, -0.25) is 0 Å². The third kappa shape index (κ3) is 2.28. The van der Waals surface area contributed by atoms with Crippen LogP contribution in [-0.4, -0.2) is 17.1 Å². The van der Waals surface area contributed by atoms with E-state index in [0.717, 1.165) is 10.5 Å². The highest BCUT2D eigenvalue weighted by Gasteiger charge is 2.26. The van der Waals surface area contributed by atoms with Crippen molar-refractivity contribution in [3.8, 4) is 0 Å². The highest BCUT2D eigenvalue weighted by Crippen LogP contribution is 2.29. The zero-order valence-corrected chi connectivity index (χ0v) is 11.5. The van der Waals surface area contributed by atoms with Crippen molar-refractivity contribution >= 4 is 10.5 Å². The highest BCUT2D eigenvalue weighted by molar-refractivity contribution is 5.98. The fourth-order valence-electron chi connectivity index (χ4n) is 1.83. The first-order valence-electron chi connectivity index (χ1n) is 5.02. The van der Waals surface area contributed by atoms with Crippen LogP contribution in [0.15, 0.2) is 49.6 Å². The molecular weight excluding hydrogens is 200 g/mol. The minimum atomic E-state index is -0.243. The molecule has 1 aromatic rings. The lowest BCUT2D eigenvalue weighted by Gasteiger charge is -2.28. The normalized spacial score (nSPS) is 11.3. The van der Waals surface area contributed by atoms with Crippen LogP contribution < -0.4 is 0 Å². The Kier molecular flexibility index (Phi) is 4.06. The van der Waals surface area contributed by atoms with E-state index in [1.165, 1.54) is 11.1 Å². The van der Waals surface area contributed by atoms with Gasteiger partial charge < -0.3 is 4.43 Å². The minimum Gasteiger partial charge on any atom is -0.426 e. The molecule has 0 unspecified atom stereocenters. The van der Waals surface area contributed by atoms with Crippen molar-refractivity contribution in [1.29, 1.82) is 0 Å². The molecule has 0 fully saturated rings. The van der Waals surface area contributed by atoms with E-state index in [0.29, 0.717) is 6.61 Å². The SMILES string of the molecule is C=CC(C=C)(CO[SiH3])c1ccccc1C. The molecule has 0 aromatic heterocycles. The Balaban J connectivity index is 3.25. The molecule has 1 rings (SSSR count). The second kappa shape index (κ2) is 5.10. The molecule has 0 amide bonds. The Morgan fingerprint density at radius 3 is 2.40 bits per heavy atom. The molecular formula is C13H18OSi. The van der Waals surface area contributed by atoms with Crippen LogP contribution in [0.4, 0.5) is 0 Å². The maximum atomic E-state index is 5.39. The first-order valence-corrected chi connectivity index (χ1v) is 5.84. The fourth-order valence-corrected chi connectivity index (χ4v) is 2.31. The Hall–Kier alpha value is -1.12. The van der Waals surface area contributed by atoms with Crippen molar-refractivity contribution in [3.63, 3.8) is 0 Å². The third-order valence-electron chi connectivity index (χ3n) is 2.76. The van der Waals surface area contributed by atoms with E-state index in [1.807, 2.05) is 24.3 Å². The summed E-state index contributed by atoms with van der Waals surface area (Å²) in [6.07, 6.45) is 3.83. The highest BCUT2D eigenvalue weighted by atomic mass is 28.2. The summed E-state index contributed by atoms with van der Waals surface area (Å²) in [7, 11) is 0.732. The lowest BCUT2D eigenvalue weighted by molar-refractivity contribution is 0.299. The van der Waals surface area contributed by atoms with Gasteiger partial charge in [0.1, 0.15) is 10.5 Å². The maximum Gasteiger partial charge on any atom is 0.146 e. The molecule has 0 aliphatic heterocycles. The van der Waals surface area contributed by atoms with Gasteiger partial charge >= 0.3 is 0 Å². The molecule has 2 heteroatoms. The van der Waals surface area contributed by atoms with E-state index in [4.69, 9.17) is 4.43 Å². The fraction of sp³-hybridized carbons (Fsp3) is 0.231. The topological polar surface area (TPSA) is 9.23 Å². The monoisotopic (exact) mass is 218 g/mol. The quantitative estimate of drug-likeness (QED) is 0.542. The Bertz CT molecular complexity index is 349. The van der Waals surface area contributed by atoms with Gasteiger partial charge in [0.05, 0.1) is 5.41 Å². The van der Waals surface area contributed by atoms with Crippen molar-refractivity contribution in [2.45, 2.75) is 12.3 Å². The molecule has 0 bridgehead atoms. The number of hydrogen-bond donors (Lipinski definition) is 0. The summed E-state index contributed by atoms with van der Waals surface area (Å²) in [5, 5.41) is 0. The van der Waals surface area contributed by atoms with E-state index in [-0.39, 0.29) is 5.41 Å². The number of benzene rings is 1. The standard InChI is InChI=1S/C13H18OSi/c1-4-13(5-2,10-14-15)12-9-7-6-8-11(12)3/h4-9H,1-2,10H2,3,15H3. The maximum absolute atomic E-state index is 5.39. The molecule has 0 aliphatic rings. The first-order chi connectivity index (χ1) is 7.20. The molecule has 1 nitrogen and oxygen atoms in total. The van der Waals surface area contributed by atoms with Crippen LogP contribution in [0.5, 0.6) is 0 Å². The molecule has 0 heterocycles. The van der Waals surface area contributed by atoms with Crippen LogP contribution in [-0.2, 0) is 9.84 Å². The summed E-state index contributed by atoms with van der Waals surface area (Å²) in [4.78, 5) is 0. The molecule has 0 atom stereocenters. The van der Waals surface area contributed by atoms with Crippen LogP contribution in [0, 0.1) is 6.92 Å². The molecule has 1 aromatic carbocycles. The molecule has 0 spiro atoms. The van der Waals surface area contributed by atoms with Crippen LogP contribution in [0.3, 0.4) is 0 Å². The van der Waals surface area contributed by atoms with E-state index in [1.54, 1.807) is 0 Å². The summed E-state index contributed by atoms with van der Waals surface area (Å²) in [6.45, 7) is 10.5. The molecule has 0 saturated heterocycles. The van der Waals surface area contributed by atoms with Crippen LogP contribution in [0.1, 0.15) is 11.1 Å². The smallest absolute Gasteiger partial charge is 0.146 e. The van der Waals surface area contributed by atoms with Crippen molar-refractivity contribution in [1.82, 2.24) is 0 Å². The summed E-state index contributed by atoms with van der Waals surface area (Å²) in [5.41, 5.74) is 2.23. The summed E-state index contributed by atoms with van der Waals surface area (Å²) < 4.78 is 5.39. The van der Waals surface area contributed by atoms with Crippen molar-refractivity contribution in [2.24, 2.45) is 0 Å². The molecule has 0 aliphatic carbocycles. The molecule has 80 valence electrons. The Morgan fingerprint density at radius 1 is 1.33 bits per heavy atom. The van der Waals surface area contributed by atoms with Crippen LogP contribution in [0.2, 0.25) is 0 Å². The van der Waals surface area contributed by atoms with E-state index < -0.39 is 0 Å². The van der Waals surface area contributed by atoms with Crippen molar-refractivity contribution < 1.29 is 4.43 Å². The lowest BCUT2D eigenvalue weighted by atomic mass is 9.79. The predicted molar refractivity (Wildman–Crippen MR) is 69.1 cm³/mol. The molecule has 0 N–H and O–H groups in total. The van der Waals surface area contributed by atoms with Crippen molar-refractivity contribution in [2.75, 3.05) is 6.61 Å². The van der Waals surface area contributed by atoms with Gasteiger partial charge in [-0.25, -0.2) is 0 Å². The summed E-state index contributed by atoms with van der Waals surface area (Å²) in [5.74, 6) is 0. The number of aryl methyl sites for hydroxylation is 1. The summed E-state index contributed by atoms with van der Waals surface area (Å²) >= 11 is 0. The zero-order chi connectivity index (χ0) is 11.3. The minimum absolute atomic E-state index is 0.243. The van der Waals surface area contributed by atoms with Crippen molar-refractivity contribution in [3.05, 3.63) is 60.7 Å². The van der Waals surface area contributed by atoms with E-state index in [9.17, 15) is 0 Å². The second-order valence-electron chi connectivity index (χ2n) is 3.70. The second-order valence-corrected chi connectivity index (χ2v) is 4.27. The largest absolute Gasteiger partial charge is 0.426 e. The first kappa shape index (κ1) is 11.9. The predicted octanol–water partition coefficient (Wildman–Crippen LogP) is 1.90. The van der Waals surface area contributed by atoms with Crippen LogP contribution in [0.25, 0.3) is 0 Å². The van der Waals surface area contributed by atoms with Gasteiger partial charge in [-0.05, 0) is 18.1 Å². The zero-order valence-electron chi connectivity index (χ0n) is 9.49. The van der Waals surface area contributed by atoms with E-state index >= 15 is 0 Å². The van der Waals surface area contributed by atoms with Gasteiger partial charge in [0.15, 0.2) is 0 Å². The molecule has 0 radical (unpaired) electrons. The Labute approximate surface area is 95.0 Å². The Morgan fingerprint density at radius 2 is 1.93 bits per heavy atom. The van der Waals surface area contributed by atoms with Gasteiger partial charge in [0.25, 0.3) is 0 Å². The number of rotatable bonds is 5. The van der Waals surface area contributed by atoms with Gasteiger partial charge in [-0.15, -0.1) is 13.2 Å². The molecule has 0 saturated carbocycles. The van der Waals surface area contributed by atoms with Gasteiger partial charge in [-0.1, -0.05) is 36.4 Å². The summed E-state index contributed by atoms with van der Waals surface area (Å²) in [6, 6.07) is 8.29. The molecule has 15 heavy (non-hydrogen) atoms. The lowest BCUT2D eigenvalue weighted by Crippen LogP contribution is -2.27. The van der Waals surface area contributed by atoms with E-state index in [2.05, 4.69) is 32.2 Å². The van der Waals surface area contributed by atoms with Gasteiger partial charge in [0, 0.05) is 6.61 Å². The third-order valence-corrected chi connectivity index (χ3v) is 3.05.